The first-order chi connectivity index (χ1) is 12.1. The summed E-state index contributed by atoms with van der Waals surface area (Å²) in [7, 11) is 1.87. The van der Waals surface area contributed by atoms with Crippen LogP contribution in [0.1, 0.15) is 58.9 Å². The number of piperazine rings is 1. The van der Waals surface area contributed by atoms with Gasteiger partial charge in [-0.1, -0.05) is 39.8 Å². The second-order valence-electron chi connectivity index (χ2n) is 6.40. The maximum Gasteiger partial charge on any atom is 0.239 e. The summed E-state index contributed by atoms with van der Waals surface area (Å²) in [5, 5.41) is 0. The topological polar surface area (TPSA) is 32.8 Å². The highest BCUT2D eigenvalue weighted by Gasteiger charge is 2.28. The van der Waals surface area contributed by atoms with Crippen LogP contribution in [0.3, 0.4) is 0 Å². The molecule has 1 aliphatic rings. The fourth-order valence-corrected chi connectivity index (χ4v) is 3.24. The quantitative estimate of drug-likeness (QED) is 0.742. The molecule has 4 nitrogen and oxygen atoms in total. The van der Waals surface area contributed by atoms with E-state index in [0.717, 1.165) is 25.4 Å². The van der Waals surface area contributed by atoms with Crippen LogP contribution in [0, 0.1) is 0 Å². The molecule has 1 unspecified atom stereocenters. The molecule has 4 heteroatoms. The fourth-order valence-electron chi connectivity index (χ4n) is 3.24. The minimum atomic E-state index is -0.0467. The van der Waals surface area contributed by atoms with Gasteiger partial charge in [-0.05, 0) is 43.4 Å². The van der Waals surface area contributed by atoms with Crippen molar-refractivity contribution in [2.45, 2.75) is 59.4 Å². The Bertz CT molecular complexity index is 497. The first kappa shape index (κ1) is 21.5. The highest BCUT2D eigenvalue weighted by atomic mass is 16.5. The van der Waals surface area contributed by atoms with Crippen LogP contribution in [0.4, 0.5) is 0 Å². The Hall–Kier alpha value is -1.55. The second kappa shape index (κ2) is 11.1. The molecule has 25 heavy (non-hydrogen) atoms. The van der Waals surface area contributed by atoms with Gasteiger partial charge in [0.25, 0.3) is 0 Å². The third-order valence-electron chi connectivity index (χ3n) is 4.99. The van der Waals surface area contributed by atoms with Crippen LogP contribution in [-0.4, -0.2) is 55.0 Å². The van der Waals surface area contributed by atoms with Gasteiger partial charge in [-0.25, -0.2) is 0 Å². The summed E-state index contributed by atoms with van der Waals surface area (Å²) in [4.78, 5) is 16.0. The average Bonchev–Trinajstić information content (AvgIpc) is 2.65. The Morgan fingerprint density at radius 3 is 2.28 bits per heavy atom. The number of likely N-dealkylation sites (N-methyl/N-ethyl adjacent to an activating group) is 1. The van der Waals surface area contributed by atoms with E-state index in [1.54, 1.807) is 4.90 Å². The van der Waals surface area contributed by atoms with E-state index in [1.807, 2.05) is 27.8 Å². The van der Waals surface area contributed by atoms with Crippen molar-refractivity contribution in [3.05, 3.63) is 29.8 Å². The number of ether oxygens (including phenoxy) is 1. The Labute approximate surface area is 154 Å². The molecule has 1 fully saturated rings. The van der Waals surface area contributed by atoms with Crippen molar-refractivity contribution in [3.63, 3.8) is 0 Å². The van der Waals surface area contributed by atoms with Crippen molar-refractivity contribution < 1.29 is 9.53 Å². The summed E-state index contributed by atoms with van der Waals surface area (Å²) in [6, 6.07) is 8.43. The van der Waals surface area contributed by atoms with Gasteiger partial charge in [-0.2, -0.15) is 0 Å². The average molecular weight is 349 g/mol. The number of carbonyl (C=O) groups is 1. The molecule has 0 N–H and O–H groups in total. The summed E-state index contributed by atoms with van der Waals surface area (Å²) in [6.45, 7) is 13.6. The number of hydrogen-bond acceptors (Lipinski definition) is 3. The number of nitrogens with zero attached hydrogens (tertiary/aromatic N) is 2. The third kappa shape index (κ3) is 6.03. The van der Waals surface area contributed by atoms with E-state index in [-0.39, 0.29) is 11.9 Å². The van der Waals surface area contributed by atoms with Gasteiger partial charge >= 0.3 is 0 Å². The molecule has 1 heterocycles. The third-order valence-corrected chi connectivity index (χ3v) is 4.99. The van der Waals surface area contributed by atoms with Crippen LogP contribution in [-0.2, 0) is 4.79 Å². The van der Waals surface area contributed by atoms with Crippen LogP contribution >= 0.6 is 0 Å². The largest absolute Gasteiger partial charge is 0.492 e. The SMILES string of the molecule is CC.CCC(CC)c1ccc(OCCN2CCN(C)C(=O)C2C)cc1. The summed E-state index contributed by atoms with van der Waals surface area (Å²) in [5.41, 5.74) is 1.39. The van der Waals surface area contributed by atoms with Crippen LogP contribution in [0.2, 0.25) is 0 Å². The molecule has 0 saturated carbocycles. The van der Waals surface area contributed by atoms with Gasteiger partial charge in [0.15, 0.2) is 0 Å². The summed E-state index contributed by atoms with van der Waals surface area (Å²) < 4.78 is 5.85. The number of carbonyl (C=O) groups excluding carboxylic acids is 1. The van der Waals surface area contributed by atoms with E-state index in [2.05, 4.69) is 43.0 Å². The number of rotatable bonds is 7. The van der Waals surface area contributed by atoms with Gasteiger partial charge < -0.3 is 9.64 Å². The molecular formula is C21H36N2O2. The predicted molar refractivity (Wildman–Crippen MR) is 105 cm³/mol. The first-order valence-corrected chi connectivity index (χ1v) is 9.78. The summed E-state index contributed by atoms with van der Waals surface area (Å²) in [6.07, 6.45) is 2.35. The highest BCUT2D eigenvalue weighted by molar-refractivity contribution is 5.81. The standard InChI is InChI=1S/C19H30N2O2.C2H6/c1-5-16(6-2)17-7-9-18(10-8-17)23-14-13-21-12-11-20(4)19(22)15(21)3;1-2/h7-10,15-16H,5-6,11-14H2,1-4H3;1-2H3. The molecule has 1 aliphatic heterocycles. The molecule has 0 bridgehead atoms. The fraction of sp³-hybridized carbons (Fsp3) is 0.667. The van der Waals surface area contributed by atoms with Crippen molar-refractivity contribution in [2.24, 2.45) is 0 Å². The molecule has 1 atom stereocenters. The van der Waals surface area contributed by atoms with Crippen LogP contribution < -0.4 is 4.74 Å². The molecule has 2 rings (SSSR count). The number of amides is 1. The molecule has 1 aromatic rings. The predicted octanol–water partition coefficient (Wildman–Crippen LogP) is 4.16. The number of benzene rings is 1. The Kier molecular flexibility index (Phi) is 9.58. The Morgan fingerprint density at radius 2 is 1.72 bits per heavy atom. The molecule has 0 spiro atoms. The minimum absolute atomic E-state index is 0.0467. The van der Waals surface area contributed by atoms with Crippen molar-refractivity contribution in [3.8, 4) is 5.75 Å². The van der Waals surface area contributed by atoms with Crippen LogP contribution in [0.15, 0.2) is 24.3 Å². The van der Waals surface area contributed by atoms with Crippen LogP contribution in [0.5, 0.6) is 5.75 Å². The van der Waals surface area contributed by atoms with Crippen molar-refractivity contribution in [2.75, 3.05) is 33.3 Å². The summed E-state index contributed by atoms with van der Waals surface area (Å²) >= 11 is 0. The van der Waals surface area contributed by atoms with Gasteiger partial charge in [0.2, 0.25) is 5.91 Å². The molecule has 1 amide bonds. The molecule has 142 valence electrons. The summed E-state index contributed by atoms with van der Waals surface area (Å²) in [5.74, 6) is 1.75. The van der Waals surface area contributed by atoms with Gasteiger partial charge in [0.1, 0.15) is 12.4 Å². The zero-order chi connectivity index (χ0) is 18.8. The van der Waals surface area contributed by atoms with Crippen molar-refractivity contribution in [1.82, 2.24) is 9.80 Å². The lowest BCUT2D eigenvalue weighted by Crippen LogP contribution is -2.55. The maximum absolute atomic E-state index is 12.0. The molecule has 1 aromatic carbocycles. The number of hydrogen-bond donors (Lipinski definition) is 0. The van der Waals surface area contributed by atoms with E-state index < -0.39 is 0 Å². The van der Waals surface area contributed by atoms with Gasteiger partial charge in [0.05, 0.1) is 6.04 Å². The van der Waals surface area contributed by atoms with Crippen molar-refractivity contribution in [1.29, 1.82) is 0 Å². The molecule has 0 radical (unpaired) electrons. The van der Waals surface area contributed by atoms with Crippen molar-refractivity contribution >= 4 is 5.91 Å². The van der Waals surface area contributed by atoms with E-state index >= 15 is 0 Å². The minimum Gasteiger partial charge on any atom is -0.492 e. The normalized spacial score (nSPS) is 18.1. The molecule has 0 aliphatic carbocycles. The lowest BCUT2D eigenvalue weighted by molar-refractivity contribution is -0.139. The molecular weight excluding hydrogens is 312 g/mol. The lowest BCUT2D eigenvalue weighted by Gasteiger charge is -2.37. The Balaban J connectivity index is 0.00000151. The van der Waals surface area contributed by atoms with E-state index in [1.165, 1.54) is 18.4 Å². The van der Waals surface area contributed by atoms with Gasteiger partial charge in [0, 0.05) is 26.7 Å². The smallest absolute Gasteiger partial charge is 0.239 e. The van der Waals surface area contributed by atoms with E-state index in [9.17, 15) is 4.79 Å². The van der Waals surface area contributed by atoms with Gasteiger partial charge in [-0.3, -0.25) is 9.69 Å². The second-order valence-corrected chi connectivity index (χ2v) is 6.40. The van der Waals surface area contributed by atoms with Gasteiger partial charge in [-0.15, -0.1) is 0 Å². The highest BCUT2D eigenvalue weighted by Crippen LogP contribution is 2.24. The first-order valence-electron chi connectivity index (χ1n) is 9.78. The zero-order valence-corrected chi connectivity index (χ0v) is 16.9. The maximum atomic E-state index is 12.0. The lowest BCUT2D eigenvalue weighted by atomic mass is 9.94. The van der Waals surface area contributed by atoms with Crippen LogP contribution in [0.25, 0.3) is 0 Å². The zero-order valence-electron chi connectivity index (χ0n) is 16.9. The van der Waals surface area contributed by atoms with E-state index in [0.29, 0.717) is 12.5 Å². The molecule has 1 saturated heterocycles. The molecule has 0 aromatic heterocycles. The Morgan fingerprint density at radius 1 is 1.12 bits per heavy atom. The monoisotopic (exact) mass is 348 g/mol. The van der Waals surface area contributed by atoms with E-state index in [4.69, 9.17) is 4.74 Å².